The molecule has 6 nitrogen and oxygen atoms in total. The van der Waals surface area contributed by atoms with Crippen LogP contribution in [0.3, 0.4) is 0 Å². The lowest BCUT2D eigenvalue weighted by molar-refractivity contribution is 0.491. The van der Waals surface area contributed by atoms with Crippen molar-refractivity contribution in [1.29, 1.82) is 0 Å². The number of sulfonamides is 1. The molecule has 0 unspecified atom stereocenters. The molecule has 0 bridgehead atoms. The first-order chi connectivity index (χ1) is 11.7. The predicted octanol–water partition coefficient (Wildman–Crippen LogP) is 3.01. The molecule has 0 radical (unpaired) electrons. The molecular weight excluding hydrogens is 336 g/mol. The zero-order chi connectivity index (χ0) is 18.1. The number of rotatable bonds is 4. The van der Waals surface area contributed by atoms with Gasteiger partial charge in [-0.15, -0.1) is 10.2 Å². The summed E-state index contributed by atoms with van der Waals surface area (Å²) in [6, 6.07) is 14.7. The third kappa shape index (κ3) is 4.12. The third-order valence-corrected chi connectivity index (χ3v) is 5.28. The molecule has 0 fully saturated rings. The Morgan fingerprint density at radius 2 is 1.56 bits per heavy atom. The molecule has 0 atom stereocenters. The summed E-state index contributed by atoms with van der Waals surface area (Å²) >= 11 is 0. The highest BCUT2D eigenvalue weighted by Crippen LogP contribution is 2.24. The minimum absolute atomic E-state index is 0.251. The summed E-state index contributed by atoms with van der Waals surface area (Å²) in [4.78, 5) is 0.251. The average Bonchev–Trinajstić information content (AvgIpc) is 3.07. The first-order valence-corrected chi connectivity index (χ1v) is 9.32. The van der Waals surface area contributed by atoms with Gasteiger partial charge in [0.15, 0.2) is 0 Å². The summed E-state index contributed by atoms with van der Waals surface area (Å²) in [5.74, 6) is 0. The van der Waals surface area contributed by atoms with Gasteiger partial charge in [0.05, 0.1) is 4.90 Å². The summed E-state index contributed by atoms with van der Waals surface area (Å²) < 4.78 is 29.2. The lowest BCUT2D eigenvalue weighted by atomic mass is 10.1. The van der Waals surface area contributed by atoms with E-state index >= 15 is 0 Å². The van der Waals surface area contributed by atoms with Gasteiger partial charge in [0.2, 0.25) is 10.0 Å². The van der Waals surface area contributed by atoms with Crippen LogP contribution < -0.4 is 4.72 Å². The van der Waals surface area contributed by atoms with Gasteiger partial charge in [-0.05, 0) is 56.2 Å². The van der Waals surface area contributed by atoms with Crippen LogP contribution in [0.4, 0.5) is 0 Å². The fraction of sp³-hybridized carbons (Fsp3) is 0.222. The van der Waals surface area contributed by atoms with E-state index in [9.17, 15) is 8.42 Å². The molecule has 0 aliphatic rings. The molecule has 1 N–H and O–H groups in total. The summed E-state index contributed by atoms with van der Waals surface area (Å²) in [5, 5.41) is 7.62. The van der Waals surface area contributed by atoms with Crippen LogP contribution in [0.5, 0.6) is 0 Å². The quantitative estimate of drug-likeness (QED) is 0.779. The smallest absolute Gasteiger partial charge is 0.241 e. The van der Waals surface area contributed by atoms with Crippen molar-refractivity contribution >= 4 is 10.0 Å². The highest BCUT2D eigenvalue weighted by Gasteiger charge is 2.21. The Hall–Kier alpha value is -2.51. The zero-order valence-electron chi connectivity index (χ0n) is 14.3. The van der Waals surface area contributed by atoms with E-state index in [1.807, 2.05) is 61.7 Å². The molecule has 0 saturated carbocycles. The Bertz CT molecular complexity index is 957. The molecule has 1 aromatic heterocycles. The Kier molecular flexibility index (Phi) is 4.45. The molecule has 0 amide bonds. The van der Waals surface area contributed by atoms with Crippen molar-refractivity contribution in [1.82, 2.24) is 19.5 Å². The lowest BCUT2D eigenvalue weighted by Gasteiger charge is -2.20. The van der Waals surface area contributed by atoms with Crippen LogP contribution in [0.2, 0.25) is 0 Å². The van der Waals surface area contributed by atoms with E-state index < -0.39 is 15.6 Å². The van der Waals surface area contributed by atoms with Crippen LogP contribution in [0.25, 0.3) is 16.8 Å². The van der Waals surface area contributed by atoms with Crippen LogP contribution in [0.1, 0.15) is 20.8 Å². The minimum Gasteiger partial charge on any atom is -0.288 e. The van der Waals surface area contributed by atoms with E-state index in [0.29, 0.717) is 0 Å². The lowest BCUT2D eigenvalue weighted by Crippen LogP contribution is -2.40. The van der Waals surface area contributed by atoms with Gasteiger partial charge < -0.3 is 0 Å². The van der Waals surface area contributed by atoms with Gasteiger partial charge in [-0.3, -0.25) is 4.57 Å². The van der Waals surface area contributed by atoms with Crippen molar-refractivity contribution in [2.24, 2.45) is 0 Å². The molecule has 3 rings (SSSR count). The highest BCUT2D eigenvalue weighted by atomic mass is 32.2. The maximum atomic E-state index is 12.4. The Morgan fingerprint density at radius 1 is 0.920 bits per heavy atom. The van der Waals surface area contributed by atoms with Gasteiger partial charge in [-0.1, -0.05) is 24.3 Å². The molecular formula is C18H20N4O2S. The Labute approximate surface area is 147 Å². The van der Waals surface area contributed by atoms with E-state index in [-0.39, 0.29) is 4.90 Å². The van der Waals surface area contributed by atoms with Crippen LogP contribution in [-0.2, 0) is 10.0 Å². The topological polar surface area (TPSA) is 76.9 Å². The molecule has 3 aromatic rings. The van der Waals surface area contributed by atoms with E-state index in [4.69, 9.17) is 0 Å². The van der Waals surface area contributed by atoms with Crippen molar-refractivity contribution in [2.45, 2.75) is 31.2 Å². The van der Waals surface area contributed by atoms with Gasteiger partial charge in [0.25, 0.3) is 0 Å². The second-order valence-electron chi connectivity index (χ2n) is 6.80. The fourth-order valence-corrected chi connectivity index (χ4v) is 3.89. The standard InChI is InChI=1S/C18H20N4O2S/c1-18(2,3)21-25(23,24)17-9-7-14(8-10-17)15-5-4-6-16(11-15)22-12-19-20-13-22/h4-13,21H,1-3H3. The van der Waals surface area contributed by atoms with Crippen molar-refractivity contribution in [2.75, 3.05) is 0 Å². The average molecular weight is 356 g/mol. The van der Waals surface area contributed by atoms with Gasteiger partial charge in [0, 0.05) is 11.2 Å². The predicted molar refractivity (Wildman–Crippen MR) is 96.9 cm³/mol. The minimum atomic E-state index is -3.53. The summed E-state index contributed by atoms with van der Waals surface area (Å²) in [6.07, 6.45) is 3.26. The maximum Gasteiger partial charge on any atom is 0.241 e. The molecule has 1 heterocycles. The molecule has 25 heavy (non-hydrogen) atoms. The van der Waals surface area contributed by atoms with E-state index in [2.05, 4.69) is 14.9 Å². The number of nitrogens with one attached hydrogen (secondary N) is 1. The van der Waals surface area contributed by atoms with Gasteiger partial charge >= 0.3 is 0 Å². The molecule has 130 valence electrons. The van der Waals surface area contributed by atoms with E-state index in [1.54, 1.807) is 24.8 Å². The van der Waals surface area contributed by atoms with Crippen LogP contribution in [0.15, 0.2) is 66.1 Å². The monoisotopic (exact) mass is 356 g/mol. The first kappa shape index (κ1) is 17.3. The number of aromatic nitrogens is 3. The SMILES string of the molecule is CC(C)(C)NS(=O)(=O)c1ccc(-c2cccc(-n3cnnc3)c2)cc1. The van der Waals surface area contributed by atoms with Crippen LogP contribution >= 0.6 is 0 Å². The number of hydrogen-bond acceptors (Lipinski definition) is 4. The number of hydrogen-bond donors (Lipinski definition) is 1. The summed E-state index contributed by atoms with van der Waals surface area (Å²) in [5.41, 5.74) is 2.34. The van der Waals surface area contributed by atoms with Crippen molar-refractivity contribution in [3.8, 4) is 16.8 Å². The Balaban J connectivity index is 1.90. The molecule has 7 heteroatoms. The molecule has 0 aliphatic carbocycles. The van der Waals surface area contributed by atoms with Crippen LogP contribution in [0, 0.1) is 0 Å². The normalized spacial score (nSPS) is 12.3. The van der Waals surface area contributed by atoms with Crippen LogP contribution in [-0.4, -0.2) is 28.7 Å². The fourth-order valence-electron chi connectivity index (χ4n) is 2.47. The van der Waals surface area contributed by atoms with Gasteiger partial charge in [-0.25, -0.2) is 13.1 Å². The molecule has 0 aliphatic heterocycles. The van der Waals surface area contributed by atoms with Gasteiger partial charge in [0.1, 0.15) is 12.7 Å². The zero-order valence-corrected chi connectivity index (χ0v) is 15.2. The van der Waals surface area contributed by atoms with Crippen molar-refractivity contribution in [3.05, 3.63) is 61.2 Å². The maximum absolute atomic E-state index is 12.4. The number of nitrogens with zero attached hydrogens (tertiary/aromatic N) is 3. The highest BCUT2D eigenvalue weighted by molar-refractivity contribution is 7.89. The van der Waals surface area contributed by atoms with E-state index in [0.717, 1.165) is 16.8 Å². The largest absolute Gasteiger partial charge is 0.288 e. The summed E-state index contributed by atoms with van der Waals surface area (Å²) in [7, 11) is -3.53. The molecule has 0 spiro atoms. The number of benzene rings is 2. The molecule has 2 aromatic carbocycles. The van der Waals surface area contributed by atoms with Gasteiger partial charge in [-0.2, -0.15) is 0 Å². The van der Waals surface area contributed by atoms with Crippen molar-refractivity contribution in [3.63, 3.8) is 0 Å². The molecule has 0 saturated heterocycles. The third-order valence-electron chi connectivity index (χ3n) is 3.50. The second-order valence-corrected chi connectivity index (χ2v) is 8.48. The Morgan fingerprint density at radius 3 is 2.16 bits per heavy atom. The second kappa shape index (κ2) is 6.42. The van der Waals surface area contributed by atoms with E-state index in [1.165, 1.54) is 0 Å². The first-order valence-electron chi connectivity index (χ1n) is 7.84. The summed E-state index contributed by atoms with van der Waals surface area (Å²) in [6.45, 7) is 5.44. The van der Waals surface area contributed by atoms with Crippen molar-refractivity contribution < 1.29 is 8.42 Å².